The Hall–Kier alpha value is -0.580. The molecule has 1 aromatic heterocycles. The first-order valence-corrected chi connectivity index (χ1v) is 7.11. The molecule has 1 saturated carbocycles. The summed E-state index contributed by atoms with van der Waals surface area (Å²) in [5, 5.41) is 18.3. The normalized spacial score (nSPS) is 23.8. The van der Waals surface area contributed by atoms with Crippen molar-refractivity contribution in [2.75, 3.05) is 6.54 Å². The van der Waals surface area contributed by atoms with Crippen LogP contribution in [0.5, 0.6) is 0 Å². The molecule has 102 valence electrons. The first-order chi connectivity index (χ1) is 8.63. The zero-order valence-electron chi connectivity index (χ0n) is 11.1. The minimum atomic E-state index is -0.134. The van der Waals surface area contributed by atoms with Crippen LogP contribution < -0.4 is 5.32 Å². The maximum Gasteiger partial charge on any atom is 0.0860 e. The van der Waals surface area contributed by atoms with Crippen LogP contribution in [0.1, 0.15) is 37.6 Å². The molecule has 0 aromatic carbocycles. The van der Waals surface area contributed by atoms with E-state index in [0.29, 0.717) is 5.92 Å². The highest BCUT2D eigenvalue weighted by Crippen LogP contribution is 2.25. The third-order valence-electron chi connectivity index (χ3n) is 3.77. The number of rotatable bonds is 5. The monoisotopic (exact) mass is 271 g/mol. The summed E-state index contributed by atoms with van der Waals surface area (Å²) in [6.45, 7) is 6.39. The van der Waals surface area contributed by atoms with Gasteiger partial charge in [-0.05, 0) is 32.6 Å². The summed E-state index contributed by atoms with van der Waals surface area (Å²) >= 11 is 6.24. The first kappa shape index (κ1) is 13.8. The number of hydrogen-bond acceptors (Lipinski definition) is 3. The van der Waals surface area contributed by atoms with E-state index >= 15 is 0 Å². The molecule has 2 rings (SSSR count). The number of nitrogens with zero attached hydrogens (tertiary/aromatic N) is 2. The standard InChI is InChI=1S/C13H22ClN3O/c1-3-17-11(13(14)9(2)16-17)8-15-7-10-5-4-6-12(10)18/h10,12,15,18H,3-8H2,1-2H3. The van der Waals surface area contributed by atoms with E-state index in [0.717, 1.165) is 55.3 Å². The summed E-state index contributed by atoms with van der Waals surface area (Å²) in [5.41, 5.74) is 1.93. The van der Waals surface area contributed by atoms with E-state index in [-0.39, 0.29) is 6.10 Å². The highest BCUT2D eigenvalue weighted by atomic mass is 35.5. The fourth-order valence-electron chi connectivity index (χ4n) is 2.67. The van der Waals surface area contributed by atoms with Crippen molar-refractivity contribution in [1.29, 1.82) is 0 Å². The van der Waals surface area contributed by atoms with E-state index in [1.807, 2.05) is 11.6 Å². The number of aromatic nitrogens is 2. The number of aliphatic hydroxyl groups is 1. The molecule has 0 radical (unpaired) electrons. The van der Waals surface area contributed by atoms with E-state index in [1.54, 1.807) is 0 Å². The Morgan fingerprint density at radius 2 is 2.28 bits per heavy atom. The lowest BCUT2D eigenvalue weighted by Crippen LogP contribution is -2.28. The third-order valence-corrected chi connectivity index (χ3v) is 4.26. The molecule has 0 saturated heterocycles. The van der Waals surface area contributed by atoms with Gasteiger partial charge in [0.15, 0.2) is 0 Å². The Morgan fingerprint density at radius 3 is 2.89 bits per heavy atom. The molecule has 4 nitrogen and oxygen atoms in total. The molecular weight excluding hydrogens is 250 g/mol. The van der Waals surface area contributed by atoms with Gasteiger partial charge in [0.25, 0.3) is 0 Å². The topological polar surface area (TPSA) is 50.1 Å². The molecule has 2 unspecified atom stereocenters. The Bertz CT molecular complexity index is 405. The van der Waals surface area contributed by atoms with Gasteiger partial charge >= 0.3 is 0 Å². The number of nitrogens with one attached hydrogen (secondary N) is 1. The number of aryl methyl sites for hydroxylation is 2. The maximum atomic E-state index is 9.76. The van der Waals surface area contributed by atoms with Crippen molar-refractivity contribution < 1.29 is 5.11 Å². The molecule has 1 aliphatic rings. The quantitative estimate of drug-likeness (QED) is 0.862. The Labute approximate surface area is 113 Å². The average molecular weight is 272 g/mol. The fraction of sp³-hybridized carbons (Fsp3) is 0.769. The molecule has 18 heavy (non-hydrogen) atoms. The highest BCUT2D eigenvalue weighted by Gasteiger charge is 2.24. The second-order valence-corrected chi connectivity index (χ2v) is 5.43. The largest absolute Gasteiger partial charge is 0.393 e. The van der Waals surface area contributed by atoms with Crippen LogP contribution >= 0.6 is 11.6 Å². The van der Waals surface area contributed by atoms with Crippen LogP contribution in [0.2, 0.25) is 5.02 Å². The summed E-state index contributed by atoms with van der Waals surface area (Å²) in [6, 6.07) is 0. The lowest BCUT2D eigenvalue weighted by Gasteiger charge is -2.15. The predicted molar refractivity (Wildman–Crippen MR) is 72.7 cm³/mol. The van der Waals surface area contributed by atoms with Crippen molar-refractivity contribution in [3.8, 4) is 0 Å². The zero-order valence-corrected chi connectivity index (χ0v) is 11.9. The SMILES string of the molecule is CCn1nc(C)c(Cl)c1CNCC1CCCC1O. The van der Waals surface area contributed by atoms with Crippen LogP contribution in [0.15, 0.2) is 0 Å². The van der Waals surface area contributed by atoms with Crippen LogP contribution in [0.3, 0.4) is 0 Å². The van der Waals surface area contributed by atoms with E-state index in [1.165, 1.54) is 0 Å². The molecule has 0 spiro atoms. The van der Waals surface area contributed by atoms with Gasteiger partial charge in [0.05, 0.1) is 22.5 Å². The second kappa shape index (κ2) is 6.04. The van der Waals surface area contributed by atoms with Crippen molar-refractivity contribution >= 4 is 11.6 Å². The van der Waals surface area contributed by atoms with Crippen molar-refractivity contribution in [2.45, 2.75) is 52.3 Å². The Morgan fingerprint density at radius 1 is 1.50 bits per heavy atom. The van der Waals surface area contributed by atoms with Gasteiger partial charge in [-0.15, -0.1) is 0 Å². The van der Waals surface area contributed by atoms with Crippen LogP contribution in [0, 0.1) is 12.8 Å². The van der Waals surface area contributed by atoms with Crippen LogP contribution in [-0.2, 0) is 13.1 Å². The number of hydrogen-bond donors (Lipinski definition) is 2. The van der Waals surface area contributed by atoms with Crippen molar-refractivity contribution in [2.24, 2.45) is 5.92 Å². The molecule has 5 heteroatoms. The van der Waals surface area contributed by atoms with Crippen molar-refractivity contribution in [3.63, 3.8) is 0 Å². The summed E-state index contributed by atoms with van der Waals surface area (Å²) < 4.78 is 1.94. The Balaban J connectivity index is 1.90. The molecule has 1 fully saturated rings. The van der Waals surface area contributed by atoms with Gasteiger partial charge in [-0.25, -0.2) is 0 Å². The van der Waals surface area contributed by atoms with Gasteiger partial charge in [0, 0.05) is 19.6 Å². The van der Waals surface area contributed by atoms with Gasteiger partial charge in [-0.1, -0.05) is 18.0 Å². The number of halogens is 1. The van der Waals surface area contributed by atoms with Crippen LogP contribution in [0.25, 0.3) is 0 Å². The van der Waals surface area contributed by atoms with Crippen molar-refractivity contribution in [3.05, 3.63) is 16.4 Å². The summed E-state index contributed by atoms with van der Waals surface area (Å²) in [6.07, 6.45) is 3.07. The second-order valence-electron chi connectivity index (χ2n) is 5.05. The van der Waals surface area contributed by atoms with Gasteiger partial charge in [0.2, 0.25) is 0 Å². The summed E-state index contributed by atoms with van der Waals surface area (Å²) in [5.74, 6) is 0.392. The smallest absolute Gasteiger partial charge is 0.0860 e. The minimum absolute atomic E-state index is 0.134. The van der Waals surface area contributed by atoms with Gasteiger partial charge < -0.3 is 10.4 Å². The summed E-state index contributed by atoms with van der Waals surface area (Å²) in [7, 11) is 0. The molecule has 0 bridgehead atoms. The molecule has 0 aliphatic heterocycles. The van der Waals surface area contributed by atoms with E-state index < -0.39 is 0 Å². The molecule has 1 aromatic rings. The predicted octanol–water partition coefficient (Wildman–Crippen LogP) is 2.12. The van der Waals surface area contributed by atoms with Crippen LogP contribution in [-0.4, -0.2) is 27.5 Å². The van der Waals surface area contributed by atoms with Gasteiger partial charge in [-0.3, -0.25) is 4.68 Å². The molecular formula is C13H22ClN3O. The third kappa shape index (κ3) is 2.87. The summed E-state index contributed by atoms with van der Waals surface area (Å²) in [4.78, 5) is 0. The number of aliphatic hydroxyl groups excluding tert-OH is 1. The zero-order chi connectivity index (χ0) is 13.1. The molecule has 2 N–H and O–H groups in total. The fourth-order valence-corrected chi connectivity index (χ4v) is 2.87. The van der Waals surface area contributed by atoms with Gasteiger partial charge in [0.1, 0.15) is 0 Å². The molecule has 2 atom stereocenters. The van der Waals surface area contributed by atoms with E-state index in [9.17, 15) is 5.11 Å². The average Bonchev–Trinajstić information content (AvgIpc) is 2.87. The first-order valence-electron chi connectivity index (χ1n) is 6.74. The molecule has 0 amide bonds. The lowest BCUT2D eigenvalue weighted by atomic mass is 10.1. The minimum Gasteiger partial charge on any atom is -0.393 e. The highest BCUT2D eigenvalue weighted by molar-refractivity contribution is 6.31. The van der Waals surface area contributed by atoms with E-state index in [2.05, 4.69) is 17.3 Å². The Kier molecular flexibility index (Phi) is 4.65. The maximum absolute atomic E-state index is 9.76. The van der Waals surface area contributed by atoms with E-state index in [4.69, 9.17) is 11.6 Å². The van der Waals surface area contributed by atoms with Gasteiger partial charge in [-0.2, -0.15) is 5.10 Å². The lowest BCUT2D eigenvalue weighted by molar-refractivity contribution is 0.131. The van der Waals surface area contributed by atoms with Crippen LogP contribution in [0.4, 0.5) is 0 Å². The molecule has 1 heterocycles. The molecule has 1 aliphatic carbocycles. The van der Waals surface area contributed by atoms with Crippen molar-refractivity contribution in [1.82, 2.24) is 15.1 Å².